The van der Waals surface area contributed by atoms with Gasteiger partial charge in [-0.25, -0.2) is 4.39 Å². The molecule has 0 heterocycles. The highest BCUT2D eigenvalue weighted by atomic mass is 19.1. The fourth-order valence-corrected chi connectivity index (χ4v) is 2.40. The van der Waals surface area contributed by atoms with Crippen LogP contribution in [-0.2, 0) is 0 Å². The standard InChI is InChI=1S/C14H17FO2/c1-10-3-2-4-13(5-10)17-14-7-11(9-16)6-12(15)8-14/h6-10,13H,2-5H2,1H3. The van der Waals surface area contributed by atoms with E-state index in [1.807, 2.05) is 0 Å². The van der Waals surface area contributed by atoms with Gasteiger partial charge in [-0.15, -0.1) is 0 Å². The van der Waals surface area contributed by atoms with Crippen LogP contribution >= 0.6 is 0 Å². The molecule has 17 heavy (non-hydrogen) atoms. The summed E-state index contributed by atoms with van der Waals surface area (Å²) in [5.74, 6) is 0.701. The van der Waals surface area contributed by atoms with Gasteiger partial charge in [-0.1, -0.05) is 13.3 Å². The van der Waals surface area contributed by atoms with Gasteiger partial charge in [-0.2, -0.15) is 0 Å². The SMILES string of the molecule is CC1CCCC(Oc2cc(F)cc(C=O)c2)C1. The second-order valence-electron chi connectivity index (χ2n) is 4.85. The molecule has 0 spiro atoms. The van der Waals surface area contributed by atoms with E-state index < -0.39 is 5.82 Å². The molecule has 1 aromatic rings. The molecule has 1 aliphatic rings. The number of rotatable bonds is 3. The molecule has 1 aliphatic carbocycles. The summed E-state index contributed by atoms with van der Waals surface area (Å²) < 4.78 is 19.0. The van der Waals surface area contributed by atoms with E-state index in [-0.39, 0.29) is 6.10 Å². The van der Waals surface area contributed by atoms with Gasteiger partial charge in [0.05, 0.1) is 6.10 Å². The van der Waals surface area contributed by atoms with Crippen molar-refractivity contribution in [3.63, 3.8) is 0 Å². The summed E-state index contributed by atoms with van der Waals surface area (Å²) in [6.07, 6.45) is 5.20. The zero-order valence-corrected chi connectivity index (χ0v) is 9.99. The number of aldehydes is 1. The Hall–Kier alpha value is -1.38. The molecule has 2 atom stereocenters. The Bertz CT molecular complexity index is 403. The smallest absolute Gasteiger partial charge is 0.150 e. The molecule has 1 fully saturated rings. The van der Waals surface area contributed by atoms with Crippen LogP contribution in [-0.4, -0.2) is 12.4 Å². The summed E-state index contributed by atoms with van der Waals surface area (Å²) in [5.41, 5.74) is 0.323. The molecule has 0 N–H and O–H groups in total. The van der Waals surface area contributed by atoms with Crippen molar-refractivity contribution >= 4 is 6.29 Å². The van der Waals surface area contributed by atoms with Crippen molar-refractivity contribution in [2.75, 3.05) is 0 Å². The van der Waals surface area contributed by atoms with E-state index in [9.17, 15) is 9.18 Å². The van der Waals surface area contributed by atoms with Gasteiger partial charge in [0, 0.05) is 11.6 Å². The van der Waals surface area contributed by atoms with Gasteiger partial charge in [0.15, 0.2) is 0 Å². The summed E-state index contributed by atoms with van der Waals surface area (Å²) in [6, 6.07) is 4.14. The van der Waals surface area contributed by atoms with E-state index in [0.29, 0.717) is 23.5 Å². The first-order chi connectivity index (χ1) is 8.17. The van der Waals surface area contributed by atoms with E-state index in [1.165, 1.54) is 18.6 Å². The summed E-state index contributed by atoms with van der Waals surface area (Å²) in [7, 11) is 0. The molecule has 0 bridgehead atoms. The Morgan fingerprint density at radius 3 is 2.88 bits per heavy atom. The molecule has 0 aromatic heterocycles. The Morgan fingerprint density at radius 2 is 2.18 bits per heavy atom. The average Bonchev–Trinajstić information content (AvgIpc) is 2.28. The third-order valence-corrected chi connectivity index (χ3v) is 3.22. The van der Waals surface area contributed by atoms with Crippen LogP contribution in [0.15, 0.2) is 18.2 Å². The second kappa shape index (κ2) is 5.30. The third kappa shape index (κ3) is 3.29. The van der Waals surface area contributed by atoms with Crippen LogP contribution in [0.3, 0.4) is 0 Å². The summed E-state index contributed by atoms with van der Waals surface area (Å²) in [6.45, 7) is 2.21. The zero-order chi connectivity index (χ0) is 12.3. The number of carbonyl (C=O) groups excluding carboxylic acids is 1. The van der Waals surface area contributed by atoms with Crippen LogP contribution in [0.1, 0.15) is 43.0 Å². The lowest BCUT2D eigenvalue weighted by molar-refractivity contribution is 0.111. The average molecular weight is 236 g/mol. The fraction of sp³-hybridized carbons (Fsp3) is 0.500. The minimum Gasteiger partial charge on any atom is -0.490 e. The number of carbonyl (C=O) groups is 1. The normalized spacial score (nSPS) is 24.4. The lowest BCUT2D eigenvalue weighted by atomic mass is 9.89. The minimum atomic E-state index is -0.423. The van der Waals surface area contributed by atoms with Crippen LogP contribution < -0.4 is 4.74 Å². The van der Waals surface area contributed by atoms with Crippen molar-refractivity contribution in [1.29, 1.82) is 0 Å². The largest absolute Gasteiger partial charge is 0.490 e. The maximum Gasteiger partial charge on any atom is 0.150 e. The number of hydrogen-bond acceptors (Lipinski definition) is 2. The van der Waals surface area contributed by atoms with Gasteiger partial charge in [-0.05, 0) is 37.3 Å². The van der Waals surface area contributed by atoms with Crippen LogP contribution in [0.4, 0.5) is 4.39 Å². The van der Waals surface area contributed by atoms with Crippen LogP contribution in [0, 0.1) is 11.7 Å². The van der Waals surface area contributed by atoms with Gasteiger partial charge < -0.3 is 4.74 Å². The Kier molecular flexibility index (Phi) is 3.77. The van der Waals surface area contributed by atoms with Gasteiger partial charge in [-0.3, -0.25) is 4.79 Å². The van der Waals surface area contributed by atoms with Crippen LogP contribution in [0.2, 0.25) is 0 Å². The molecular weight excluding hydrogens is 219 g/mol. The molecule has 3 heteroatoms. The molecule has 2 unspecified atom stereocenters. The van der Waals surface area contributed by atoms with E-state index in [2.05, 4.69) is 6.92 Å². The molecule has 92 valence electrons. The van der Waals surface area contributed by atoms with Gasteiger partial charge in [0.2, 0.25) is 0 Å². The molecule has 0 radical (unpaired) electrons. The highest BCUT2D eigenvalue weighted by Crippen LogP contribution is 2.27. The fourth-order valence-electron chi connectivity index (χ4n) is 2.40. The molecule has 1 saturated carbocycles. The minimum absolute atomic E-state index is 0.153. The van der Waals surface area contributed by atoms with Crippen molar-refractivity contribution in [3.05, 3.63) is 29.6 Å². The molecule has 2 nitrogen and oxygen atoms in total. The topological polar surface area (TPSA) is 26.3 Å². The predicted octanol–water partition coefficient (Wildman–Crippen LogP) is 3.60. The zero-order valence-electron chi connectivity index (χ0n) is 9.99. The monoisotopic (exact) mass is 236 g/mol. The number of hydrogen-bond donors (Lipinski definition) is 0. The molecule has 0 saturated heterocycles. The van der Waals surface area contributed by atoms with Crippen LogP contribution in [0.25, 0.3) is 0 Å². The van der Waals surface area contributed by atoms with Crippen LogP contribution in [0.5, 0.6) is 5.75 Å². The maximum absolute atomic E-state index is 13.2. The van der Waals surface area contributed by atoms with Crippen molar-refractivity contribution in [1.82, 2.24) is 0 Å². The maximum atomic E-state index is 13.2. The first kappa shape index (κ1) is 12.1. The van der Waals surface area contributed by atoms with Gasteiger partial charge >= 0.3 is 0 Å². The van der Waals surface area contributed by atoms with Crippen molar-refractivity contribution in [3.8, 4) is 5.75 Å². The van der Waals surface area contributed by atoms with E-state index >= 15 is 0 Å². The van der Waals surface area contributed by atoms with Gasteiger partial charge in [0.1, 0.15) is 17.9 Å². The van der Waals surface area contributed by atoms with Crippen molar-refractivity contribution in [2.24, 2.45) is 5.92 Å². The molecule has 0 aliphatic heterocycles. The Balaban J connectivity index is 2.07. The second-order valence-corrected chi connectivity index (χ2v) is 4.85. The quantitative estimate of drug-likeness (QED) is 0.749. The molecule has 2 rings (SSSR count). The first-order valence-corrected chi connectivity index (χ1v) is 6.10. The molecular formula is C14H17FO2. The number of halogens is 1. The summed E-state index contributed by atoms with van der Waals surface area (Å²) in [4.78, 5) is 10.6. The van der Waals surface area contributed by atoms with E-state index in [0.717, 1.165) is 19.3 Å². The van der Waals surface area contributed by atoms with Crippen molar-refractivity contribution in [2.45, 2.75) is 38.7 Å². The molecule has 0 amide bonds. The van der Waals surface area contributed by atoms with Crippen molar-refractivity contribution < 1.29 is 13.9 Å². The third-order valence-electron chi connectivity index (χ3n) is 3.22. The lowest BCUT2D eigenvalue weighted by Gasteiger charge is -2.27. The summed E-state index contributed by atoms with van der Waals surface area (Å²) >= 11 is 0. The predicted molar refractivity (Wildman–Crippen MR) is 63.8 cm³/mol. The van der Waals surface area contributed by atoms with Gasteiger partial charge in [0.25, 0.3) is 0 Å². The lowest BCUT2D eigenvalue weighted by Crippen LogP contribution is -2.24. The molecule has 1 aromatic carbocycles. The van der Waals surface area contributed by atoms with E-state index in [4.69, 9.17) is 4.74 Å². The highest BCUT2D eigenvalue weighted by Gasteiger charge is 2.20. The Morgan fingerprint density at radius 1 is 1.35 bits per heavy atom. The summed E-state index contributed by atoms with van der Waals surface area (Å²) in [5, 5.41) is 0. The highest BCUT2D eigenvalue weighted by molar-refractivity contribution is 5.75. The first-order valence-electron chi connectivity index (χ1n) is 6.10. The number of ether oxygens (including phenoxy) is 1. The Labute approximate surface area is 101 Å². The van der Waals surface area contributed by atoms with E-state index in [1.54, 1.807) is 6.07 Å². The number of benzene rings is 1.